The van der Waals surface area contributed by atoms with Crippen molar-refractivity contribution in [3.8, 4) is 0 Å². The summed E-state index contributed by atoms with van der Waals surface area (Å²) in [5, 5.41) is 16.9. The van der Waals surface area contributed by atoms with Crippen LogP contribution in [-0.2, 0) is 11.3 Å². The van der Waals surface area contributed by atoms with Gasteiger partial charge in [0.15, 0.2) is 0 Å². The number of carbonyl (C=O) groups excluding carboxylic acids is 1. The largest absolute Gasteiger partial charge is 0.500 e. The zero-order valence-corrected chi connectivity index (χ0v) is 23.0. The summed E-state index contributed by atoms with van der Waals surface area (Å²) in [4.78, 5) is 20.3. The highest BCUT2D eigenvalue weighted by Gasteiger charge is 2.51. The lowest BCUT2D eigenvalue weighted by Gasteiger charge is -2.44. The molecular weight excluding hydrogens is 497 g/mol. The van der Waals surface area contributed by atoms with Gasteiger partial charge in [-0.15, -0.1) is 0 Å². The maximum Gasteiger partial charge on any atom is 0.325 e. The van der Waals surface area contributed by atoms with Crippen molar-refractivity contribution in [1.82, 2.24) is 24.9 Å². The van der Waals surface area contributed by atoms with Crippen LogP contribution in [0.2, 0.25) is 0 Å². The van der Waals surface area contributed by atoms with Crippen molar-refractivity contribution in [3.63, 3.8) is 0 Å². The number of ether oxygens (including phenoxy) is 1. The number of urea groups is 1. The van der Waals surface area contributed by atoms with E-state index in [1.807, 2.05) is 34.2 Å². The van der Waals surface area contributed by atoms with E-state index >= 15 is 0 Å². The summed E-state index contributed by atoms with van der Waals surface area (Å²) in [6.45, 7) is 6.72. The third-order valence-electron chi connectivity index (χ3n) is 8.32. The number of nitrogens with one attached hydrogen (secondary N) is 1. The van der Waals surface area contributed by atoms with Crippen LogP contribution in [0.15, 0.2) is 60.3 Å². The second-order valence-corrected chi connectivity index (χ2v) is 10.9. The van der Waals surface area contributed by atoms with Gasteiger partial charge in [0.05, 0.1) is 31.5 Å². The maximum absolute atomic E-state index is 14.4. The molecule has 1 unspecified atom stereocenters. The molecule has 2 aliphatic heterocycles. The Hall–Kier alpha value is -3.43. The number of aromatic nitrogens is 2. The van der Waals surface area contributed by atoms with Crippen LogP contribution in [0.25, 0.3) is 5.57 Å². The Bertz CT molecular complexity index is 1280. The molecule has 0 bridgehead atoms. The first-order valence-electron chi connectivity index (χ1n) is 13.7. The highest BCUT2D eigenvalue weighted by Crippen LogP contribution is 2.40. The summed E-state index contributed by atoms with van der Waals surface area (Å²) in [5.41, 5.74) is 3.77. The van der Waals surface area contributed by atoms with Crippen LogP contribution in [-0.4, -0.2) is 81.0 Å². The minimum atomic E-state index is -0.397. The summed E-state index contributed by atoms with van der Waals surface area (Å²) >= 11 is 0. The Kier molecular flexibility index (Phi) is 7.91. The Balaban J connectivity index is 1.46. The van der Waals surface area contributed by atoms with Gasteiger partial charge in [-0.3, -0.25) is 10.00 Å². The van der Waals surface area contributed by atoms with Gasteiger partial charge in [0.25, 0.3) is 0 Å². The number of H-pyrrole nitrogens is 1. The minimum absolute atomic E-state index is 0.0556. The number of likely N-dealkylation sites (tertiary alicyclic amines) is 1. The van der Waals surface area contributed by atoms with Crippen molar-refractivity contribution in [2.45, 2.75) is 57.7 Å². The first-order valence-corrected chi connectivity index (χ1v) is 13.7. The van der Waals surface area contributed by atoms with Gasteiger partial charge < -0.3 is 19.6 Å². The van der Waals surface area contributed by atoms with Crippen molar-refractivity contribution in [1.29, 1.82) is 0 Å². The molecule has 2 aromatic rings. The average molecular weight is 536 g/mol. The molecule has 208 valence electrons. The number of amides is 2. The normalized spacial score (nSPS) is 24.8. The van der Waals surface area contributed by atoms with Gasteiger partial charge in [0, 0.05) is 55.6 Å². The Morgan fingerprint density at radius 2 is 2.05 bits per heavy atom. The predicted molar refractivity (Wildman–Crippen MR) is 148 cm³/mol. The zero-order valence-electron chi connectivity index (χ0n) is 23.0. The van der Waals surface area contributed by atoms with Gasteiger partial charge in [0.2, 0.25) is 0 Å². The lowest BCUT2D eigenvalue weighted by atomic mass is 9.86. The number of halogens is 1. The zero-order chi connectivity index (χ0) is 27.6. The number of methoxy groups -OCH3 is 1. The van der Waals surface area contributed by atoms with Gasteiger partial charge in [0.1, 0.15) is 11.6 Å². The first kappa shape index (κ1) is 27.1. The molecule has 1 aromatic carbocycles. The van der Waals surface area contributed by atoms with Crippen LogP contribution in [0.3, 0.4) is 0 Å². The molecular formula is C30H38FN5O3. The molecule has 1 atom stereocenters. The van der Waals surface area contributed by atoms with Gasteiger partial charge >= 0.3 is 6.03 Å². The van der Waals surface area contributed by atoms with E-state index < -0.39 is 6.10 Å². The lowest BCUT2D eigenvalue weighted by molar-refractivity contribution is 0.0477. The van der Waals surface area contributed by atoms with Gasteiger partial charge in [-0.05, 0) is 62.5 Å². The molecule has 9 heteroatoms. The van der Waals surface area contributed by atoms with Crippen LogP contribution in [0, 0.1) is 12.7 Å². The maximum atomic E-state index is 14.4. The number of piperidine rings is 1. The fraction of sp³-hybridized carbons (Fsp3) is 0.467. The van der Waals surface area contributed by atoms with Crippen molar-refractivity contribution in [2.75, 3.05) is 33.3 Å². The number of carbonyl (C=O) groups is 1. The van der Waals surface area contributed by atoms with Crippen LogP contribution in [0.1, 0.15) is 49.3 Å². The van der Waals surface area contributed by atoms with Crippen molar-refractivity contribution < 1.29 is 19.0 Å². The molecule has 0 saturated carbocycles. The summed E-state index contributed by atoms with van der Waals surface area (Å²) < 4.78 is 20.1. The SMILES string of the molecule is CO/C1=C(c2cn[nH]c2)/C=C\C(N2CC3(CCN(CC(C)O)CC3)N(Cc3cccc(F)c3C)C2=O)=C/CC1. The van der Waals surface area contributed by atoms with E-state index in [-0.39, 0.29) is 17.4 Å². The summed E-state index contributed by atoms with van der Waals surface area (Å²) in [6.07, 6.45) is 12.3. The number of aliphatic hydroxyl groups excluding tert-OH is 1. The average Bonchev–Trinajstić information content (AvgIpc) is 3.52. The Morgan fingerprint density at radius 1 is 1.26 bits per heavy atom. The molecule has 1 aliphatic carbocycles. The molecule has 1 spiro atoms. The lowest BCUT2D eigenvalue weighted by Crippen LogP contribution is -2.54. The number of aromatic amines is 1. The molecule has 2 N–H and O–H groups in total. The van der Waals surface area contributed by atoms with Crippen LogP contribution in [0.4, 0.5) is 9.18 Å². The number of rotatable bonds is 7. The van der Waals surface area contributed by atoms with E-state index in [2.05, 4.69) is 21.2 Å². The third-order valence-corrected chi connectivity index (χ3v) is 8.32. The number of hydrogen-bond acceptors (Lipinski definition) is 5. The second-order valence-electron chi connectivity index (χ2n) is 10.9. The first-order chi connectivity index (χ1) is 18.8. The fourth-order valence-corrected chi connectivity index (χ4v) is 6.06. The fourth-order valence-electron chi connectivity index (χ4n) is 6.06. The van der Waals surface area contributed by atoms with Crippen molar-refractivity contribution in [2.24, 2.45) is 0 Å². The molecule has 2 amide bonds. The molecule has 2 fully saturated rings. The van der Waals surface area contributed by atoms with Crippen LogP contribution < -0.4 is 0 Å². The number of benzene rings is 1. The monoisotopic (exact) mass is 535 g/mol. The highest BCUT2D eigenvalue weighted by atomic mass is 19.1. The van der Waals surface area contributed by atoms with E-state index in [0.717, 1.165) is 60.5 Å². The van der Waals surface area contributed by atoms with Gasteiger partial charge in [-0.25, -0.2) is 9.18 Å². The molecule has 5 rings (SSSR count). The Labute approximate surface area is 229 Å². The van der Waals surface area contributed by atoms with E-state index in [4.69, 9.17) is 4.74 Å². The predicted octanol–water partition coefficient (Wildman–Crippen LogP) is 4.60. The van der Waals surface area contributed by atoms with Crippen molar-refractivity contribution >= 4 is 11.6 Å². The summed E-state index contributed by atoms with van der Waals surface area (Å²) in [7, 11) is 1.68. The molecule has 1 aromatic heterocycles. The molecule has 8 nitrogen and oxygen atoms in total. The molecule has 3 heterocycles. The van der Waals surface area contributed by atoms with E-state index in [9.17, 15) is 14.3 Å². The van der Waals surface area contributed by atoms with Crippen molar-refractivity contribution in [3.05, 3.63) is 82.8 Å². The minimum Gasteiger partial charge on any atom is -0.500 e. The van der Waals surface area contributed by atoms with Gasteiger partial charge in [-0.1, -0.05) is 18.2 Å². The van der Waals surface area contributed by atoms with Crippen LogP contribution >= 0.6 is 0 Å². The molecule has 2 saturated heterocycles. The quantitative estimate of drug-likeness (QED) is 0.541. The standard InChI is InChI=1S/C30H38FN5O3/c1-21(37)18-34-14-12-30(13-15-34)20-35(29(38)36(30)19-23-6-4-8-27(31)22(23)2)25-7-5-9-28(39-3)26(11-10-25)24-16-32-33-17-24/h4,6-8,10-11,16-17,21,37H,5,9,12-15,18-20H2,1-3H3,(H,32,33)/b11-10-,25-7+,28-26-. The number of β-amino-alcohol motifs (C(OH)–C–C–N with tert-alkyl or cyclic N) is 1. The third kappa shape index (κ3) is 5.51. The Morgan fingerprint density at radius 3 is 2.74 bits per heavy atom. The van der Waals surface area contributed by atoms with E-state index in [0.29, 0.717) is 31.6 Å². The molecule has 0 radical (unpaired) electrons. The number of hydrogen-bond donors (Lipinski definition) is 2. The smallest absolute Gasteiger partial charge is 0.325 e. The van der Waals surface area contributed by atoms with E-state index in [1.165, 1.54) is 6.07 Å². The molecule has 3 aliphatic rings. The number of allylic oxidation sites excluding steroid dienone is 5. The van der Waals surface area contributed by atoms with Crippen LogP contribution in [0.5, 0.6) is 0 Å². The summed E-state index contributed by atoms with van der Waals surface area (Å²) in [6, 6.07) is 5.03. The number of aliphatic hydroxyl groups is 1. The highest BCUT2D eigenvalue weighted by molar-refractivity contribution is 5.82. The molecule has 39 heavy (non-hydrogen) atoms. The van der Waals surface area contributed by atoms with E-state index in [1.54, 1.807) is 33.2 Å². The second kappa shape index (κ2) is 11.4. The summed E-state index contributed by atoms with van der Waals surface area (Å²) in [5.74, 6) is 0.621. The van der Waals surface area contributed by atoms with Gasteiger partial charge in [-0.2, -0.15) is 5.10 Å². The topological polar surface area (TPSA) is 84.9 Å². The number of nitrogens with zero attached hydrogens (tertiary/aromatic N) is 4.